The lowest BCUT2D eigenvalue weighted by Gasteiger charge is -2.32. The van der Waals surface area contributed by atoms with E-state index in [1.54, 1.807) is 21.9 Å². The summed E-state index contributed by atoms with van der Waals surface area (Å²) in [6, 6.07) is 33.6. The normalized spacial score (nSPS) is 21.5. The highest BCUT2D eigenvalue weighted by Gasteiger charge is 2.66. The standard InChI is InChI=1S/C39H43N3O6Si/c1-27-36(49(2,3)47)34(24-35(44)41(21-22-43)25-28-13-6-4-7-14-28)48-39(27)32-19-10-11-20-33(32)42(38(39)46)26-29-15-12-18-31(23-29)40-37(45)30-16-8-5-9-17-30/h4-20,23,27,34,36,43,47H,21-22,24-26H2,1-3H3,(H,40,45)/t27-,34+,36-,39+/m1/s1. The molecule has 49 heavy (non-hydrogen) atoms. The van der Waals surface area contributed by atoms with Crippen molar-refractivity contribution in [2.75, 3.05) is 23.4 Å². The van der Waals surface area contributed by atoms with E-state index in [0.717, 1.165) is 16.7 Å². The van der Waals surface area contributed by atoms with E-state index in [-0.39, 0.29) is 43.8 Å². The molecule has 3 amide bonds. The number of hydrogen-bond acceptors (Lipinski definition) is 6. The molecule has 6 rings (SSSR count). The molecule has 3 N–H and O–H groups in total. The third-order valence-corrected chi connectivity index (χ3v) is 12.3. The molecule has 4 atom stereocenters. The van der Waals surface area contributed by atoms with Gasteiger partial charge in [-0.3, -0.25) is 14.4 Å². The average molecular weight is 678 g/mol. The minimum atomic E-state index is -2.99. The number of nitrogens with zero attached hydrogens (tertiary/aromatic N) is 2. The van der Waals surface area contributed by atoms with Gasteiger partial charge in [-0.2, -0.15) is 0 Å². The first-order chi connectivity index (χ1) is 23.5. The molecule has 4 aromatic rings. The second-order valence-corrected chi connectivity index (χ2v) is 17.5. The van der Waals surface area contributed by atoms with E-state index in [0.29, 0.717) is 23.5 Å². The molecule has 1 fully saturated rings. The van der Waals surface area contributed by atoms with Crippen molar-refractivity contribution in [3.63, 3.8) is 0 Å². The number of carbonyl (C=O) groups excluding carboxylic acids is 3. The lowest BCUT2D eigenvalue weighted by atomic mass is 9.82. The molecule has 9 nitrogen and oxygen atoms in total. The van der Waals surface area contributed by atoms with Crippen LogP contribution in [0.4, 0.5) is 11.4 Å². The second kappa shape index (κ2) is 14.1. The van der Waals surface area contributed by atoms with Crippen LogP contribution in [0.1, 0.15) is 40.4 Å². The van der Waals surface area contributed by atoms with Crippen molar-refractivity contribution in [2.24, 2.45) is 5.92 Å². The van der Waals surface area contributed by atoms with Crippen molar-refractivity contribution in [1.29, 1.82) is 0 Å². The van der Waals surface area contributed by atoms with Gasteiger partial charge in [0.2, 0.25) is 5.91 Å². The number of fused-ring (bicyclic) bond motifs is 2. The molecule has 1 spiro atoms. The molecule has 4 aromatic carbocycles. The number of aliphatic hydroxyl groups excluding tert-OH is 1. The van der Waals surface area contributed by atoms with Crippen molar-refractivity contribution in [1.82, 2.24) is 4.90 Å². The van der Waals surface area contributed by atoms with Crippen molar-refractivity contribution in [3.8, 4) is 0 Å². The molecule has 2 aliphatic rings. The van der Waals surface area contributed by atoms with Crippen LogP contribution in [0.3, 0.4) is 0 Å². The molecule has 0 saturated carbocycles. The van der Waals surface area contributed by atoms with Gasteiger partial charge in [0.15, 0.2) is 13.9 Å². The van der Waals surface area contributed by atoms with Crippen LogP contribution in [0.5, 0.6) is 0 Å². The maximum Gasteiger partial charge on any atom is 0.264 e. The van der Waals surface area contributed by atoms with Crippen LogP contribution in [-0.2, 0) is 33.0 Å². The number of amides is 3. The summed E-state index contributed by atoms with van der Waals surface area (Å²) in [5.74, 6) is -1.10. The molecular weight excluding hydrogens is 635 g/mol. The first-order valence-electron chi connectivity index (χ1n) is 16.7. The topological polar surface area (TPSA) is 119 Å². The minimum absolute atomic E-state index is 0.0286. The highest BCUT2D eigenvalue weighted by Crippen LogP contribution is 2.59. The zero-order valence-electron chi connectivity index (χ0n) is 28.1. The Kier molecular flexibility index (Phi) is 9.85. The number of hydrogen-bond donors (Lipinski definition) is 3. The fourth-order valence-corrected chi connectivity index (χ4v) is 10.2. The lowest BCUT2D eigenvalue weighted by Crippen LogP contribution is -2.46. The number of carbonyl (C=O) groups is 3. The molecule has 254 valence electrons. The monoisotopic (exact) mass is 677 g/mol. The van der Waals surface area contributed by atoms with Gasteiger partial charge in [-0.25, -0.2) is 0 Å². The Morgan fingerprint density at radius 2 is 1.57 bits per heavy atom. The lowest BCUT2D eigenvalue weighted by molar-refractivity contribution is -0.150. The third kappa shape index (κ3) is 6.82. The molecule has 10 heteroatoms. The first kappa shape index (κ1) is 34.3. The van der Waals surface area contributed by atoms with Gasteiger partial charge in [0.05, 0.1) is 31.4 Å². The predicted octanol–water partition coefficient (Wildman–Crippen LogP) is 5.69. The van der Waals surface area contributed by atoms with Crippen LogP contribution in [0.15, 0.2) is 109 Å². The fourth-order valence-electron chi connectivity index (χ4n) is 7.63. The van der Waals surface area contributed by atoms with Crippen LogP contribution in [0.25, 0.3) is 0 Å². The van der Waals surface area contributed by atoms with E-state index in [9.17, 15) is 24.3 Å². The third-order valence-electron chi connectivity index (χ3n) is 9.77. The molecule has 2 aliphatic heterocycles. The highest BCUT2D eigenvalue weighted by molar-refractivity contribution is 6.71. The molecule has 0 aromatic heterocycles. The minimum Gasteiger partial charge on any atom is -0.432 e. The van der Waals surface area contributed by atoms with E-state index < -0.39 is 31.5 Å². The SMILES string of the molecule is C[C@@H]1[C@@H]([Si](C)(C)O)[C@H](CC(=O)N(CCO)Cc2ccccc2)O[C@@]12C(=O)N(Cc1cccc(NC(=O)c3ccccc3)c1)c1ccccc12. The maximum absolute atomic E-state index is 14.8. The molecule has 0 radical (unpaired) electrons. The number of rotatable bonds is 11. The van der Waals surface area contributed by atoms with Crippen LogP contribution in [0, 0.1) is 5.92 Å². The van der Waals surface area contributed by atoms with Crippen molar-refractivity contribution >= 4 is 37.4 Å². The Morgan fingerprint density at radius 3 is 2.27 bits per heavy atom. The number of para-hydroxylation sites is 1. The largest absolute Gasteiger partial charge is 0.432 e. The molecular formula is C39H43N3O6Si. The molecule has 2 heterocycles. The van der Waals surface area contributed by atoms with Gasteiger partial charge in [-0.15, -0.1) is 0 Å². The first-order valence-corrected chi connectivity index (χ1v) is 19.7. The number of nitrogens with one attached hydrogen (secondary N) is 1. The van der Waals surface area contributed by atoms with Gasteiger partial charge < -0.3 is 29.8 Å². The van der Waals surface area contributed by atoms with Gasteiger partial charge in [0.1, 0.15) is 0 Å². The summed E-state index contributed by atoms with van der Waals surface area (Å²) < 4.78 is 6.86. The summed E-state index contributed by atoms with van der Waals surface area (Å²) in [6.07, 6.45) is -0.737. The van der Waals surface area contributed by atoms with Crippen LogP contribution < -0.4 is 10.2 Å². The average Bonchev–Trinajstić information content (AvgIpc) is 3.51. The number of ether oxygens (including phenoxy) is 1. The summed E-state index contributed by atoms with van der Waals surface area (Å²) in [4.78, 5) is 56.4. The smallest absolute Gasteiger partial charge is 0.264 e. The zero-order valence-corrected chi connectivity index (χ0v) is 29.1. The van der Waals surface area contributed by atoms with E-state index in [2.05, 4.69) is 5.32 Å². The Bertz CT molecular complexity index is 1810. The summed E-state index contributed by atoms with van der Waals surface area (Å²) in [7, 11) is -2.99. The summed E-state index contributed by atoms with van der Waals surface area (Å²) in [6.45, 7) is 6.16. The van der Waals surface area contributed by atoms with Crippen LogP contribution in [-0.4, -0.2) is 60.1 Å². The molecule has 0 unspecified atom stereocenters. The maximum atomic E-state index is 14.8. The van der Waals surface area contributed by atoms with Gasteiger partial charge in [0.25, 0.3) is 11.8 Å². The van der Waals surface area contributed by atoms with Gasteiger partial charge in [-0.05, 0) is 54.6 Å². The van der Waals surface area contributed by atoms with Crippen LogP contribution in [0.2, 0.25) is 18.6 Å². The Balaban J connectivity index is 1.28. The van der Waals surface area contributed by atoms with Crippen molar-refractivity contribution in [3.05, 3.63) is 131 Å². The van der Waals surface area contributed by atoms with Gasteiger partial charge in [0, 0.05) is 41.4 Å². The molecule has 1 saturated heterocycles. The quantitative estimate of drug-likeness (QED) is 0.176. The van der Waals surface area contributed by atoms with E-state index >= 15 is 0 Å². The van der Waals surface area contributed by atoms with E-state index in [1.807, 2.05) is 117 Å². The van der Waals surface area contributed by atoms with E-state index in [1.165, 1.54) is 0 Å². The Hall–Kier alpha value is -4.61. The zero-order chi connectivity index (χ0) is 34.8. The van der Waals surface area contributed by atoms with Crippen molar-refractivity contribution in [2.45, 2.75) is 56.8 Å². The number of anilines is 2. The van der Waals surface area contributed by atoms with E-state index in [4.69, 9.17) is 4.74 Å². The summed E-state index contributed by atoms with van der Waals surface area (Å²) in [5.41, 5.74) is 2.54. The Labute approximate surface area is 288 Å². The summed E-state index contributed by atoms with van der Waals surface area (Å²) >= 11 is 0. The van der Waals surface area contributed by atoms with Gasteiger partial charge in [-0.1, -0.05) is 85.8 Å². The number of benzene rings is 4. The predicted molar refractivity (Wildman–Crippen MR) is 191 cm³/mol. The van der Waals surface area contributed by atoms with Crippen LogP contribution >= 0.6 is 0 Å². The highest BCUT2D eigenvalue weighted by atomic mass is 28.4. The fraction of sp³-hybridized carbons (Fsp3) is 0.308. The second-order valence-electron chi connectivity index (χ2n) is 13.5. The Morgan fingerprint density at radius 1 is 0.918 bits per heavy atom. The molecule has 0 bridgehead atoms. The van der Waals surface area contributed by atoms with Crippen molar-refractivity contribution < 1.29 is 29.0 Å². The summed E-state index contributed by atoms with van der Waals surface area (Å²) in [5, 5.41) is 12.7. The number of aliphatic hydroxyl groups is 1. The molecule has 0 aliphatic carbocycles. The van der Waals surface area contributed by atoms with Gasteiger partial charge >= 0.3 is 0 Å².